The summed E-state index contributed by atoms with van der Waals surface area (Å²) in [5.41, 5.74) is 1.96. The molecule has 0 atom stereocenters. The maximum atomic E-state index is 11.6. The fourth-order valence-corrected chi connectivity index (χ4v) is 2.37. The fourth-order valence-electron chi connectivity index (χ4n) is 1.54. The Hall–Kier alpha value is -1.62. The minimum atomic E-state index is -0.268. The Balaban J connectivity index is 2.61. The molecule has 2 heterocycles. The van der Waals surface area contributed by atoms with Gasteiger partial charge in [0, 0.05) is 10.9 Å². The van der Waals surface area contributed by atoms with Gasteiger partial charge in [0.1, 0.15) is 5.82 Å². The van der Waals surface area contributed by atoms with E-state index < -0.39 is 0 Å². The van der Waals surface area contributed by atoms with Gasteiger partial charge in [-0.25, -0.2) is 0 Å². The van der Waals surface area contributed by atoms with Crippen LogP contribution in [0, 0.1) is 6.92 Å². The van der Waals surface area contributed by atoms with Gasteiger partial charge < -0.3 is 10.1 Å². The van der Waals surface area contributed by atoms with E-state index >= 15 is 0 Å². The lowest BCUT2D eigenvalue weighted by Gasteiger charge is -2.03. The summed E-state index contributed by atoms with van der Waals surface area (Å²) in [4.78, 5) is 18.4. The topological polar surface area (TPSA) is 66.0 Å². The van der Waals surface area contributed by atoms with Crippen LogP contribution in [0.15, 0.2) is 15.6 Å². The first-order valence-corrected chi connectivity index (χ1v) is 5.93. The number of H-pyrrole nitrogens is 1. The van der Waals surface area contributed by atoms with Gasteiger partial charge in [0.15, 0.2) is 0 Å². The van der Waals surface area contributed by atoms with E-state index in [1.165, 1.54) is 11.3 Å². The largest absolute Gasteiger partial charge is 0.493 e. The quantitative estimate of drug-likeness (QED) is 0.839. The second-order valence-corrected chi connectivity index (χ2v) is 4.28. The molecule has 0 aromatic carbocycles. The van der Waals surface area contributed by atoms with Crippen LogP contribution in [-0.2, 0) is 6.42 Å². The predicted molar refractivity (Wildman–Crippen MR) is 64.0 cm³/mol. The highest BCUT2D eigenvalue weighted by Crippen LogP contribution is 2.24. The normalized spacial score (nSPS) is 10.6. The van der Waals surface area contributed by atoms with E-state index in [9.17, 15) is 9.90 Å². The van der Waals surface area contributed by atoms with Crippen LogP contribution in [0.25, 0.3) is 11.4 Å². The molecule has 2 rings (SSSR count). The van der Waals surface area contributed by atoms with Crippen LogP contribution in [-0.4, -0.2) is 15.1 Å². The number of hydrogen-bond acceptors (Lipinski definition) is 4. The predicted octanol–water partition coefficient (Wildman–Crippen LogP) is 2.07. The number of hydrogen-bond donors (Lipinski definition) is 2. The van der Waals surface area contributed by atoms with E-state index in [1.807, 2.05) is 24.6 Å². The van der Waals surface area contributed by atoms with Gasteiger partial charge >= 0.3 is 0 Å². The van der Waals surface area contributed by atoms with Gasteiger partial charge in [0.25, 0.3) is 5.56 Å². The molecule has 5 heteroatoms. The molecule has 0 aliphatic carbocycles. The van der Waals surface area contributed by atoms with Crippen LogP contribution < -0.4 is 5.56 Å². The highest BCUT2D eigenvalue weighted by Gasteiger charge is 2.11. The first-order valence-electron chi connectivity index (χ1n) is 4.98. The molecule has 0 spiro atoms. The van der Waals surface area contributed by atoms with Crippen LogP contribution in [0.3, 0.4) is 0 Å². The maximum Gasteiger partial charge on any atom is 0.258 e. The van der Waals surface area contributed by atoms with Crippen LogP contribution in [0.4, 0.5) is 0 Å². The number of nitrogens with one attached hydrogen (secondary N) is 1. The van der Waals surface area contributed by atoms with Crippen molar-refractivity contribution in [1.29, 1.82) is 0 Å². The lowest BCUT2D eigenvalue weighted by Crippen LogP contribution is -2.14. The molecule has 0 fully saturated rings. The Bertz CT molecular complexity index is 572. The van der Waals surface area contributed by atoms with Crippen molar-refractivity contribution in [3.8, 4) is 17.3 Å². The Labute approximate surface area is 96.6 Å². The summed E-state index contributed by atoms with van der Waals surface area (Å²) in [5, 5.41) is 13.5. The second-order valence-electron chi connectivity index (χ2n) is 3.54. The molecule has 0 saturated heterocycles. The van der Waals surface area contributed by atoms with Crippen molar-refractivity contribution in [2.24, 2.45) is 0 Å². The van der Waals surface area contributed by atoms with Gasteiger partial charge in [0.2, 0.25) is 5.88 Å². The lowest BCUT2D eigenvalue weighted by atomic mass is 10.2. The molecule has 4 nitrogen and oxygen atoms in total. The van der Waals surface area contributed by atoms with E-state index in [0.717, 1.165) is 11.1 Å². The molecule has 0 radical (unpaired) electrons. The number of rotatable bonds is 2. The molecule has 0 amide bonds. The highest BCUT2D eigenvalue weighted by atomic mass is 32.1. The van der Waals surface area contributed by atoms with Gasteiger partial charge in [0.05, 0.1) is 5.56 Å². The fraction of sp³-hybridized carbons (Fsp3) is 0.273. The van der Waals surface area contributed by atoms with Gasteiger partial charge in [-0.05, 0) is 24.3 Å². The molecule has 2 aromatic rings. The standard InChI is InChI=1S/C11H12N2O2S/c1-3-7-10(14)12-9(13-11(7)15)8-5-16-4-6(8)2/h4-5H,3H2,1-2H3,(H2,12,13,14,15). The van der Waals surface area contributed by atoms with E-state index in [0.29, 0.717) is 17.8 Å². The molecule has 16 heavy (non-hydrogen) atoms. The summed E-state index contributed by atoms with van der Waals surface area (Å²) >= 11 is 1.54. The molecule has 84 valence electrons. The number of aryl methyl sites for hydroxylation is 1. The highest BCUT2D eigenvalue weighted by molar-refractivity contribution is 7.08. The van der Waals surface area contributed by atoms with Crippen LogP contribution >= 0.6 is 11.3 Å². The lowest BCUT2D eigenvalue weighted by molar-refractivity contribution is 0.444. The van der Waals surface area contributed by atoms with E-state index in [-0.39, 0.29) is 11.4 Å². The molecular weight excluding hydrogens is 224 g/mol. The third-order valence-corrected chi connectivity index (χ3v) is 3.32. The number of aromatic amines is 1. The summed E-state index contributed by atoms with van der Waals surface area (Å²) in [6, 6.07) is 0. The Morgan fingerprint density at radius 3 is 2.75 bits per heavy atom. The Morgan fingerprint density at radius 2 is 2.25 bits per heavy atom. The summed E-state index contributed by atoms with van der Waals surface area (Å²) in [7, 11) is 0. The van der Waals surface area contributed by atoms with E-state index in [1.54, 1.807) is 0 Å². The SMILES string of the molecule is CCc1c(O)nc(-c2cscc2C)[nH]c1=O. The zero-order valence-electron chi connectivity index (χ0n) is 9.07. The van der Waals surface area contributed by atoms with Crippen molar-refractivity contribution < 1.29 is 5.11 Å². The summed E-state index contributed by atoms with van der Waals surface area (Å²) in [6.45, 7) is 3.75. The molecule has 0 aliphatic rings. The zero-order valence-corrected chi connectivity index (χ0v) is 9.89. The zero-order chi connectivity index (χ0) is 11.7. The molecule has 0 bridgehead atoms. The maximum absolute atomic E-state index is 11.6. The molecular formula is C11H12N2O2S. The van der Waals surface area contributed by atoms with Gasteiger partial charge in [-0.3, -0.25) is 4.79 Å². The Morgan fingerprint density at radius 1 is 1.50 bits per heavy atom. The van der Waals surface area contributed by atoms with Crippen molar-refractivity contribution in [1.82, 2.24) is 9.97 Å². The number of aromatic nitrogens is 2. The van der Waals surface area contributed by atoms with Crippen LogP contribution in [0.5, 0.6) is 5.88 Å². The first-order chi connectivity index (χ1) is 7.63. The number of aromatic hydroxyl groups is 1. The van der Waals surface area contributed by atoms with E-state index in [4.69, 9.17) is 0 Å². The van der Waals surface area contributed by atoms with Crippen molar-refractivity contribution in [3.63, 3.8) is 0 Å². The third kappa shape index (κ3) is 1.74. The van der Waals surface area contributed by atoms with Gasteiger partial charge in [-0.1, -0.05) is 6.92 Å². The van der Waals surface area contributed by atoms with Crippen molar-refractivity contribution in [2.75, 3.05) is 0 Å². The first kappa shape index (κ1) is 10.9. The summed E-state index contributed by atoms with van der Waals surface area (Å²) in [5.74, 6) is 0.255. The summed E-state index contributed by atoms with van der Waals surface area (Å²) < 4.78 is 0. The minimum absolute atomic E-state index is 0.174. The van der Waals surface area contributed by atoms with Crippen LogP contribution in [0.2, 0.25) is 0 Å². The molecule has 0 aliphatic heterocycles. The minimum Gasteiger partial charge on any atom is -0.493 e. The molecule has 0 saturated carbocycles. The molecule has 2 aromatic heterocycles. The van der Waals surface area contributed by atoms with Gasteiger partial charge in [-0.15, -0.1) is 0 Å². The van der Waals surface area contributed by atoms with E-state index in [2.05, 4.69) is 9.97 Å². The monoisotopic (exact) mass is 236 g/mol. The van der Waals surface area contributed by atoms with Gasteiger partial charge in [-0.2, -0.15) is 16.3 Å². The Kier molecular flexibility index (Phi) is 2.78. The smallest absolute Gasteiger partial charge is 0.258 e. The third-order valence-electron chi connectivity index (χ3n) is 2.46. The van der Waals surface area contributed by atoms with Crippen LogP contribution in [0.1, 0.15) is 18.1 Å². The van der Waals surface area contributed by atoms with Crippen molar-refractivity contribution in [3.05, 3.63) is 32.2 Å². The summed E-state index contributed by atoms with van der Waals surface area (Å²) in [6.07, 6.45) is 0.469. The number of thiophene rings is 1. The second kappa shape index (κ2) is 4.09. The average Bonchev–Trinajstić information content (AvgIpc) is 2.64. The van der Waals surface area contributed by atoms with Crippen molar-refractivity contribution >= 4 is 11.3 Å². The molecule has 2 N–H and O–H groups in total. The number of nitrogens with zero attached hydrogens (tertiary/aromatic N) is 1. The molecule has 0 unspecified atom stereocenters. The van der Waals surface area contributed by atoms with Crippen molar-refractivity contribution in [2.45, 2.75) is 20.3 Å². The average molecular weight is 236 g/mol.